The Bertz CT molecular complexity index is 497. The Labute approximate surface area is 111 Å². The van der Waals surface area contributed by atoms with Gasteiger partial charge in [-0.1, -0.05) is 30.3 Å². The Hall–Kier alpha value is -2.17. The average Bonchev–Trinajstić information content (AvgIpc) is 2.42. The minimum Gasteiger partial charge on any atom is -0.468 e. The first kappa shape index (κ1) is 13.3. The molecule has 1 aliphatic heterocycles. The predicted molar refractivity (Wildman–Crippen MR) is 67.0 cm³/mol. The SMILES string of the molecule is COC(=O)C1CN(Cc2ccccc2)C(=O)CC1=O. The molecule has 0 bridgehead atoms. The van der Waals surface area contributed by atoms with Crippen molar-refractivity contribution in [1.29, 1.82) is 0 Å². The van der Waals surface area contributed by atoms with Crippen molar-refractivity contribution in [2.45, 2.75) is 13.0 Å². The van der Waals surface area contributed by atoms with Gasteiger partial charge in [0.2, 0.25) is 5.91 Å². The maximum absolute atomic E-state index is 11.8. The number of likely N-dealkylation sites (tertiary alicyclic amines) is 1. The zero-order chi connectivity index (χ0) is 13.8. The number of Topliss-reactive ketones (excluding diaryl/α,β-unsaturated/α-hetero) is 1. The van der Waals surface area contributed by atoms with E-state index in [0.717, 1.165) is 5.56 Å². The van der Waals surface area contributed by atoms with Crippen molar-refractivity contribution in [2.24, 2.45) is 5.92 Å². The van der Waals surface area contributed by atoms with Crippen LogP contribution in [0, 0.1) is 5.92 Å². The summed E-state index contributed by atoms with van der Waals surface area (Å²) in [5.74, 6) is -2.03. The fourth-order valence-electron chi connectivity index (χ4n) is 2.11. The number of hydrogen-bond donors (Lipinski definition) is 0. The molecule has 1 amide bonds. The first-order chi connectivity index (χ1) is 9.11. The summed E-state index contributed by atoms with van der Waals surface area (Å²) in [6, 6.07) is 9.45. The molecule has 1 unspecified atom stereocenters. The molecule has 5 nitrogen and oxygen atoms in total. The highest BCUT2D eigenvalue weighted by atomic mass is 16.5. The van der Waals surface area contributed by atoms with Gasteiger partial charge in [0.25, 0.3) is 0 Å². The monoisotopic (exact) mass is 261 g/mol. The molecule has 0 aromatic heterocycles. The molecule has 1 aromatic carbocycles. The third-order valence-electron chi connectivity index (χ3n) is 3.17. The number of amides is 1. The molecule has 0 saturated carbocycles. The molecule has 1 heterocycles. The van der Waals surface area contributed by atoms with Gasteiger partial charge >= 0.3 is 5.97 Å². The number of nitrogens with zero attached hydrogens (tertiary/aromatic N) is 1. The van der Waals surface area contributed by atoms with E-state index >= 15 is 0 Å². The van der Waals surface area contributed by atoms with Gasteiger partial charge in [-0.25, -0.2) is 0 Å². The topological polar surface area (TPSA) is 63.7 Å². The quantitative estimate of drug-likeness (QED) is 0.595. The number of rotatable bonds is 3. The summed E-state index contributed by atoms with van der Waals surface area (Å²) in [4.78, 5) is 36.5. The number of carbonyl (C=O) groups is 3. The van der Waals surface area contributed by atoms with Gasteiger partial charge in [-0.15, -0.1) is 0 Å². The van der Waals surface area contributed by atoms with Crippen LogP contribution in [0.25, 0.3) is 0 Å². The largest absolute Gasteiger partial charge is 0.468 e. The first-order valence-electron chi connectivity index (χ1n) is 6.04. The van der Waals surface area contributed by atoms with Gasteiger partial charge in [-0.3, -0.25) is 14.4 Å². The number of hydrogen-bond acceptors (Lipinski definition) is 4. The molecule has 5 heteroatoms. The minimum atomic E-state index is -0.855. The van der Waals surface area contributed by atoms with Gasteiger partial charge in [0.1, 0.15) is 5.92 Å². The van der Waals surface area contributed by atoms with Gasteiger partial charge in [-0.2, -0.15) is 0 Å². The van der Waals surface area contributed by atoms with E-state index in [1.165, 1.54) is 12.0 Å². The van der Waals surface area contributed by atoms with Crippen LogP contribution in [0.15, 0.2) is 30.3 Å². The van der Waals surface area contributed by atoms with Crippen LogP contribution in [0.2, 0.25) is 0 Å². The summed E-state index contributed by atoms with van der Waals surface area (Å²) in [5, 5.41) is 0. The third-order valence-corrected chi connectivity index (χ3v) is 3.17. The summed E-state index contributed by atoms with van der Waals surface area (Å²) in [7, 11) is 1.24. The lowest BCUT2D eigenvalue weighted by molar-refractivity contribution is -0.155. The zero-order valence-corrected chi connectivity index (χ0v) is 10.7. The van der Waals surface area contributed by atoms with Crippen LogP contribution in [0.1, 0.15) is 12.0 Å². The molecule has 0 radical (unpaired) electrons. The van der Waals surface area contributed by atoms with Crippen LogP contribution in [0.4, 0.5) is 0 Å². The van der Waals surface area contributed by atoms with E-state index in [0.29, 0.717) is 6.54 Å². The van der Waals surface area contributed by atoms with Crippen molar-refractivity contribution in [3.05, 3.63) is 35.9 Å². The van der Waals surface area contributed by atoms with E-state index in [4.69, 9.17) is 0 Å². The van der Waals surface area contributed by atoms with Crippen molar-refractivity contribution in [3.8, 4) is 0 Å². The molecule has 2 rings (SSSR count). The fraction of sp³-hybridized carbons (Fsp3) is 0.357. The summed E-state index contributed by atoms with van der Waals surface area (Å²) in [6.45, 7) is 0.500. The van der Waals surface area contributed by atoms with E-state index < -0.39 is 11.9 Å². The lowest BCUT2D eigenvalue weighted by Gasteiger charge is -2.30. The Balaban J connectivity index is 2.10. The van der Waals surface area contributed by atoms with Crippen molar-refractivity contribution >= 4 is 17.7 Å². The summed E-state index contributed by atoms with van der Waals surface area (Å²) < 4.78 is 4.60. The summed E-state index contributed by atoms with van der Waals surface area (Å²) in [5.41, 5.74) is 0.966. The molecule has 1 aliphatic rings. The number of piperidine rings is 1. The van der Waals surface area contributed by atoms with Crippen LogP contribution in [0.5, 0.6) is 0 Å². The second-order valence-electron chi connectivity index (χ2n) is 4.48. The maximum atomic E-state index is 11.8. The average molecular weight is 261 g/mol. The fourth-order valence-corrected chi connectivity index (χ4v) is 2.11. The van der Waals surface area contributed by atoms with Gasteiger partial charge in [0, 0.05) is 13.1 Å². The maximum Gasteiger partial charge on any atom is 0.318 e. The molecular weight excluding hydrogens is 246 g/mol. The highest BCUT2D eigenvalue weighted by molar-refractivity contribution is 6.09. The third kappa shape index (κ3) is 2.99. The van der Waals surface area contributed by atoms with Gasteiger partial charge in [-0.05, 0) is 5.56 Å². The van der Waals surface area contributed by atoms with Gasteiger partial charge in [0.15, 0.2) is 5.78 Å². The molecule has 0 aliphatic carbocycles. The molecule has 1 atom stereocenters. The number of methoxy groups -OCH3 is 1. The Morgan fingerprint density at radius 2 is 2.00 bits per heavy atom. The van der Waals surface area contributed by atoms with Gasteiger partial charge in [0.05, 0.1) is 13.5 Å². The van der Waals surface area contributed by atoms with Crippen LogP contribution < -0.4 is 0 Å². The van der Waals surface area contributed by atoms with Gasteiger partial charge < -0.3 is 9.64 Å². The zero-order valence-electron chi connectivity index (χ0n) is 10.7. The standard InChI is InChI=1S/C14H15NO4/c1-19-14(18)11-9-15(13(17)7-12(11)16)8-10-5-3-2-4-6-10/h2-6,11H,7-9H2,1H3. The first-order valence-corrected chi connectivity index (χ1v) is 6.04. The molecule has 1 aromatic rings. The number of esters is 1. The molecule has 0 N–H and O–H groups in total. The molecule has 19 heavy (non-hydrogen) atoms. The van der Waals surface area contributed by atoms with Crippen LogP contribution in [-0.2, 0) is 25.7 Å². The summed E-state index contributed by atoms with van der Waals surface area (Å²) >= 11 is 0. The molecular formula is C14H15NO4. The van der Waals surface area contributed by atoms with E-state index in [9.17, 15) is 14.4 Å². The second-order valence-corrected chi connectivity index (χ2v) is 4.48. The van der Waals surface area contributed by atoms with Crippen molar-refractivity contribution in [3.63, 3.8) is 0 Å². The second kappa shape index (κ2) is 5.65. The number of ether oxygens (including phenoxy) is 1. The van der Waals surface area contributed by atoms with Crippen molar-refractivity contribution in [1.82, 2.24) is 4.90 Å². The highest BCUT2D eigenvalue weighted by Crippen LogP contribution is 2.18. The molecule has 1 fully saturated rings. The van der Waals surface area contributed by atoms with E-state index in [1.54, 1.807) is 0 Å². The molecule has 100 valence electrons. The summed E-state index contributed by atoms with van der Waals surface area (Å²) in [6.07, 6.45) is -0.230. The van der Waals surface area contributed by atoms with Crippen LogP contribution >= 0.6 is 0 Å². The Kier molecular flexibility index (Phi) is 3.94. The normalized spacial score (nSPS) is 19.4. The Morgan fingerprint density at radius 3 is 2.63 bits per heavy atom. The van der Waals surface area contributed by atoms with Crippen molar-refractivity contribution in [2.75, 3.05) is 13.7 Å². The highest BCUT2D eigenvalue weighted by Gasteiger charge is 2.37. The lowest BCUT2D eigenvalue weighted by atomic mass is 9.95. The number of ketones is 1. The predicted octanol–water partition coefficient (Wildman–Crippen LogP) is 0.777. The van der Waals surface area contributed by atoms with Crippen LogP contribution in [-0.4, -0.2) is 36.2 Å². The smallest absolute Gasteiger partial charge is 0.318 e. The minimum absolute atomic E-state index is 0.0965. The van der Waals surface area contributed by atoms with Crippen molar-refractivity contribution < 1.29 is 19.1 Å². The lowest BCUT2D eigenvalue weighted by Crippen LogP contribution is -2.47. The molecule has 0 spiro atoms. The van der Waals surface area contributed by atoms with Crippen LogP contribution in [0.3, 0.4) is 0 Å². The van der Waals surface area contributed by atoms with E-state index in [-0.39, 0.29) is 24.7 Å². The Morgan fingerprint density at radius 1 is 1.32 bits per heavy atom. The van der Waals surface area contributed by atoms with E-state index in [2.05, 4.69) is 4.74 Å². The number of benzene rings is 1. The molecule has 1 saturated heterocycles. The van der Waals surface area contributed by atoms with E-state index in [1.807, 2.05) is 30.3 Å². The number of carbonyl (C=O) groups excluding carboxylic acids is 3.